The van der Waals surface area contributed by atoms with E-state index in [1.807, 2.05) is 0 Å². The lowest BCUT2D eigenvalue weighted by molar-refractivity contribution is -0.122. The van der Waals surface area contributed by atoms with Gasteiger partial charge in [-0.2, -0.15) is 0 Å². The van der Waals surface area contributed by atoms with Gasteiger partial charge in [0.05, 0.1) is 15.9 Å². The third kappa shape index (κ3) is 4.54. The fourth-order valence-corrected chi connectivity index (χ4v) is 2.23. The Balaban J connectivity index is 2.06. The monoisotopic (exact) mass is 354 g/mol. The lowest BCUT2D eigenvalue weighted by Gasteiger charge is -2.09. The molecule has 0 radical (unpaired) electrons. The molecule has 0 saturated heterocycles. The number of benzene rings is 1. The Kier molecular flexibility index (Phi) is 5.72. The Bertz CT molecular complexity index is 767. The predicted octanol–water partition coefficient (Wildman–Crippen LogP) is 2.33. The van der Waals surface area contributed by atoms with E-state index in [1.165, 1.54) is 12.4 Å². The molecule has 0 aliphatic carbocycles. The molecule has 7 nitrogen and oxygen atoms in total. The number of halogens is 2. The van der Waals surface area contributed by atoms with Gasteiger partial charge in [0.15, 0.2) is 6.61 Å². The second-order valence-corrected chi connectivity index (χ2v) is 5.14. The maximum absolute atomic E-state index is 11.6. The van der Waals surface area contributed by atoms with E-state index in [9.17, 15) is 9.59 Å². The van der Waals surface area contributed by atoms with Gasteiger partial charge in [-0.1, -0.05) is 29.3 Å². The third-order valence-electron chi connectivity index (χ3n) is 2.62. The smallest absolute Gasteiger partial charge is 0.321 e. The number of imide groups is 1. The van der Waals surface area contributed by atoms with Crippen molar-refractivity contribution >= 4 is 46.0 Å². The van der Waals surface area contributed by atoms with Gasteiger partial charge in [-0.05, 0) is 12.1 Å². The van der Waals surface area contributed by atoms with Gasteiger partial charge >= 0.3 is 6.03 Å². The first-order valence-electron chi connectivity index (χ1n) is 6.42. The van der Waals surface area contributed by atoms with Crippen LogP contribution in [0.1, 0.15) is 0 Å². The van der Waals surface area contributed by atoms with Crippen LogP contribution in [0.4, 0.5) is 4.79 Å². The number of nitrogens with zero attached hydrogens (tertiary/aromatic N) is 2. The summed E-state index contributed by atoms with van der Waals surface area (Å²) in [5.41, 5.74) is 0.449. The maximum Gasteiger partial charge on any atom is 0.321 e. The summed E-state index contributed by atoms with van der Waals surface area (Å²) in [5.74, 6) is -0.493. The molecule has 0 unspecified atom stereocenters. The molecular formula is C14H12Cl2N4O3. The molecule has 0 aliphatic rings. The topological polar surface area (TPSA) is 93.2 Å². The number of ether oxygens (including phenoxy) is 1. The highest BCUT2D eigenvalue weighted by Gasteiger charge is 2.12. The number of hydrogen-bond donors (Lipinski definition) is 2. The first-order valence-corrected chi connectivity index (χ1v) is 7.18. The summed E-state index contributed by atoms with van der Waals surface area (Å²) in [5, 5.41) is 5.69. The highest BCUT2D eigenvalue weighted by molar-refractivity contribution is 6.38. The summed E-state index contributed by atoms with van der Waals surface area (Å²) >= 11 is 12.0. The first-order chi connectivity index (χ1) is 11.0. The van der Waals surface area contributed by atoms with Crippen molar-refractivity contribution in [3.05, 3.63) is 41.2 Å². The molecule has 0 atom stereocenters. The molecule has 3 amide bonds. The normalized spacial score (nSPS) is 10.2. The van der Waals surface area contributed by atoms with Crippen LogP contribution >= 0.6 is 23.2 Å². The first kappa shape index (κ1) is 17.0. The Morgan fingerprint density at radius 3 is 2.83 bits per heavy atom. The van der Waals surface area contributed by atoms with Gasteiger partial charge in [-0.25, -0.2) is 14.8 Å². The van der Waals surface area contributed by atoms with Crippen LogP contribution in [0.3, 0.4) is 0 Å². The van der Waals surface area contributed by atoms with Crippen LogP contribution in [0.5, 0.6) is 5.88 Å². The highest BCUT2D eigenvalue weighted by atomic mass is 35.5. The molecule has 1 heterocycles. The molecule has 0 aliphatic heterocycles. The fourth-order valence-electron chi connectivity index (χ4n) is 1.69. The van der Waals surface area contributed by atoms with Crippen LogP contribution in [0.2, 0.25) is 10.0 Å². The Labute approximate surface area is 141 Å². The van der Waals surface area contributed by atoms with Crippen molar-refractivity contribution in [3.63, 3.8) is 0 Å². The lowest BCUT2D eigenvalue weighted by atomic mass is 10.2. The maximum atomic E-state index is 11.6. The number of urea groups is 1. The molecule has 120 valence electrons. The van der Waals surface area contributed by atoms with Crippen LogP contribution in [-0.4, -0.2) is 35.1 Å². The Morgan fingerprint density at radius 2 is 2.09 bits per heavy atom. The summed E-state index contributed by atoms with van der Waals surface area (Å²) in [6.07, 6.45) is 2.74. The zero-order valence-electron chi connectivity index (χ0n) is 11.8. The largest absolute Gasteiger partial charge is 0.467 e. The zero-order chi connectivity index (χ0) is 16.8. The average molecular weight is 355 g/mol. The number of fused-ring (bicyclic) bond motifs is 1. The van der Waals surface area contributed by atoms with E-state index in [-0.39, 0.29) is 12.4 Å². The van der Waals surface area contributed by atoms with Crippen molar-refractivity contribution < 1.29 is 14.3 Å². The van der Waals surface area contributed by atoms with Crippen molar-refractivity contribution in [2.24, 2.45) is 0 Å². The van der Waals surface area contributed by atoms with Gasteiger partial charge in [0.2, 0.25) is 5.88 Å². The SMILES string of the molecule is C=CCNC(=O)NC(=O)COc1ncnc2c(Cl)cc(Cl)cc12. The molecule has 9 heteroatoms. The van der Waals surface area contributed by atoms with Crippen molar-refractivity contribution in [3.8, 4) is 5.88 Å². The molecule has 1 aromatic carbocycles. The number of carbonyl (C=O) groups is 2. The van der Waals surface area contributed by atoms with Crippen LogP contribution in [0.25, 0.3) is 10.9 Å². The van der Waals surface area contributed by atoms with Crippen molar-refractivity contribution in [2.45, 2.75) is 0 Å². The quantitative estimate of drug-likeness (QED) is 0.803. The van der Waals surface area contributed by atoms with E-state index in [1.54, 1.807) is 12.1 Å². The Morgan fingerprint density at radius 1 is 1.30 bits per heavy atom. The number of aromatic nitrogens is 2. The molecule has 2 aromatic rings. The number of rotatable bonds is 5. The van der Waals surface area contributed by atoms with E-state index >= 15 is 0 Å². The Hall–Kier alpha value is -2.38. The second kappa shape index (κ2) is 7.75. The molecule has 0 saturated carbocycles. The molecule has 0 spiro atoms. The summed E-state index contributed by atoms with van der Waals surface area (Å²) in [4.78, 5) is 30.9. The summed E-state index contributed by atoms with van der Waals surface area (Å²) in [6, 6.07) is 2.48. The standard InChI is InChI=1S/C14H12Cl2N4O3/c1-2-3-17-14(22)20-11(21)6-23-13-9-4-8(15)5-10(16)12(9)18-7-19-13/h2,4-5,7H,1,3,6H2,(H2,17,20,21,22). The summed E-state index contributed by atoms with van der Waals surface area (Å²) in [7, 11) is 0. The van der Waals surface area contributed by atoms with Gasteiger partial charge in [0.1, 0.15) is 6.33 Å². The highest BCUT2D eigenvalue weighted by Crippen LogP contribution is 2.30. The van der Waals surface area contributed by atoms with Crippen molar-refractivity contribution in [1.29, 1.82) is 0 Å². The molecular weight excluding hydrogens is 343 g/mol. The molecule has 0 bridgehead atoms. The lowest BCUT2D eigenvalue weighted by Crippen LogP contribution is -2.41. The van der Waals surface area contributed by atoms with Crippen LogP contribution in [-0.2, 0) is 4.79 Å². The van der Waals surface area contributed by atoms with Gasteiger partial charge < -0.3 is 10.1 Å². The molecule has 2 rings (SSSR count). The number of hydrogen-bond acceptors (Lipinski definition) is 5. The van der Waals surface area contributed by atoms with E-state index in [2.05, 4.69) is 27.2 Å². The predicted molar refractivity (Wildman–Crippen MR) is 86.8 cm³/mol. The van der Waals surface area contributed by atoms with Gasteiger partial charge in [-0.3, -0.25) is 10.1 Å². The zero-order valence-corrected chi connectivity index (χ0v) is 13.3. The minimum atomic E-state index is -0.642. The summed E-state index contributed by atoms with van der Waals surface area (Å²) < 4.78 is 5.32. The van der Waals surface area contributed by atoms with Crippen molar-refractivity contribution in [1.82, 2.24) is 20.6 Å². The minimum absolute atomic E-state index is 0.140. The minimum Gasteiger partial charge on any atom is -0.467 e. The van der Waals surface area contributed by atoms with Crippen LogP contribution < -0.4 is 15.4 Å². The molecule has 2 N–H and O–H groups in total. The number of carbonyl (C=O) groups excluding carboxylic acids is 2. The van der Waals surface area contributed by atoms with Crippen LogP contribution in [0, 0.1) is 0 Å². The van der Waals surface area contributed by atoms with E-state index < -0.39 is 18.5 Å². The fraction of sp³-hybridized carbons (Fsp3) is 0.143. The van der Waals surface area contributed by atoms with E-state index in [0.717, 1.165) is 0 Å². The van der Waals surface area contributed by atoms with Crippen molar-refractivity contribution in [2.75, 3.05) is 13.2 Å². The molecule has 0 fully saturated rings. The number of nitrogens with one attached hydrogen (secondary N) is 2. The molecule has 23 heavy (non-hydrogen) atoms. The van der Waals surface area contributed by atoms with Gasteiger partial charge in [0.25, 0.3) is 5.91 Å². The van der Waals surface area contributed by atoms with Crippen LogP contribution in [0.15, 0.2) is 31.1 Å². The third-order valence-corrected chi connectivity index (χ3v) is 3.13. The van der Waals surface area contributed by atoms with Gasteiger partial charge in [-0.15, -0.1) is 6.58 Å². The van der Waals surface area contributed by atoms with E-state index in [4.69, 9.17) is 27.9 Å². The second-order valence-electron chi connectivity index (χ2n) is 4.30. The summed E-state index contributed by atoms with van der Waals surface area (Å²) in [6.45, 7) is 3.28. The number of amides is 3. The molecule has 1 aromatic heterocycles. The van der Waals surface area contributed by atoms with Gasteiger partial charge in [0, 0.05) is 11.6 Å². The average Bonchev–Trinajstić information content (AvgIpc) is 2.51. The van der Waals surface area contributed by atoms with E-state index in [0.29, 0.717) is 20.9 Å².